The van der Waals surface area contributed by atoms with Crippen molar-refractivity contribution in [1.82, 2.24) is 4.72 Å². The van der Waals surface area contributed by atoms with Crippen LogP contribution in [0.25, 0.3) is 0 Å². The Hall–Kier alpha value is -2.83. The fourth-order valence-corrected chi connectivity index (χ4v) is 3.91. The van der Waals surface area contributed by atoms with Crippen molar-refractivity contribution >= 4 is 26.0 Å². The Morgan fingerprint density at radius 1 is 0.862 bits per heavy atom. The molecule has 0 radical (unpaired) electrons. The summed E-state index contributed by atoms with van der Waals surface area (Å²) in [5.74, 6) is 11.5. The lowest BCUT2D eigenvalue weighted by Crippen LogP contribution is -2.27. The molecular formula is C24H18BrNO2S. The van der Waals surface area contributed by atoms with Gasteiger partial charge in [0.1, 0.15) is 6.04 Å². The van der Waals surface area contributed by atoms with Gasteiger partial charge in [-0.2, -0.15) is 4.72 Å². The highest BCUT2D eigenvalue weighted by Crippen LogP contribution is 2.17. The molecule has 1 N–H and O–H groups in total. The van der Waals surface area contributed by atoms with Crippen molar-refractivity contribution in [2.24, 2.45) is 0 Å². The van der Waals surface area contributed by atoms with Crippen molar-refractivity contribution in [2.45, 2.75) is 17.9 Å². The molecule has 3 aromatic carbocycles. The van der Waals surface area contributed by atoms with Crippen LogP contribution in [-0.4, -0.2) is 8.42 Å². The van der Waals surface area contributed by atoms with Gasteiger partial charge in [-0.15, -0.1) is 0 Å². The van der Waals surface area contributed by atoms with E-state index >= 15 is 0 Å². The number of benzene rings is 3. The van der Waals surface area contributed by atoms with E-state index < -0.39 is 16.1 Å². The van der Waals surface area contributed by atoms with Crippen LogP contribution in [0.4, 0.5) is 0 Å². The normalized spacial score (nSPS) is 11.5. The first-order valence-electron chi connectivity index (χ1n) is 8.85. The quantitative estimate of drug-likeness (QED) is 0.563. The standard InChI is InChI=1S/C24H18BrNO2S/c1-19-11-17-23(18-12-19)29(27,28)26-24(21-8-3-2-4-9-21)10-6-5-7-20-13-15-22(25)16-14-20/h2-4,8-9,11-18,24,26H,1H3/t24-/m1/s1. The van der Waals surface area contributed by atoms with E-state index in [1.165, 1.54) is 0 Å². The van der Waals surface area contributed by atoms with E-state index in [9.17, 15) is 8.42 Å². The highest BCUT2D eigenvalue weighted by molar-refractivity contribution is 9.10. The molecule has 0 bridgehead atoms. The summed E-state index contributed by atoms with van der Waals surface area (Å²) in [6.07, 6.45) is 0. The molecule has 29 heavy (non-hydrogen) atoms. The molecule has 3 aromatic rings. The smallest absolute Gasteiger partial charge is 0.207 e. The number of nitrogens with one attached hydrogen (secondary N) is 1. The predicted octanol–water partition coefficient (Wildman–Crippen LogP) is 4.83. The van der Waals surface area contributed by atoms with Crippen molar-refractivity contribution in [3.8, 4) is 23.7 Å². The first kappa shape index (κ1) is 20.9. The SMILES string of the molecule is Cc1ccc(S(=O)(=O)N[C@H](C#CC#Cc2ccc(Br)cc2)c2ccccc2)cc1. The number of aryl methyl sites for hydroxylation is 1. The molecule has 0 saturated carbocycles. The number of sulfonamides is 1. The number of hydrogen-bond acceptors (Lipinski definition) is 2. The number of rotatable bonds is 4. The Labute approximate surface area is 180 Å². The average Bonchev–Trinajstić information content (AvgIpc) is 2.72. The Morgan fingerprint density at radius 2 is 1.52 bits per heavy atom. The third-order valence-corrected chi connectivity index (χ3v) is 6.03. The van der Waals surface area contributed by atoms with Gasteiger partial charge in [-0.1, -0.05) is 75.8 Å². The molecule has 0 unspecified atom stereocenters. The monoisotopic (exact) mass is 463 g/mol. The van der Waals surface area contributed by atoms with Gasteiger partial charge in [0, 0.05) is 10.0 Å². The molecular weight excluding hydrogens is 446 g/mol. The molecule has 0 spiro atoms. The number of halogens is 1. The summed E-state index contributed by atoms with van der Waals surface area (Å²) >= 11 is 3.38. The lowest BCUT2D eigenvalue weighted by atomic mass is 10.1. The van der Waals surface area contributed by atoms with E-state index in [1.807, 2.05) is 61.5 Å². The molecule has 144 valence electrons. The van der Waals surface area contributed by atoms with Crippen LogP contribution < -0.4 is 4.72 Å². The van der Waals surface area contributed by atoms with E-state index in [0.717, 1.165) is 21.2 Å². The van der Waals surface area contributed by atoms with Gasteiger partial charge in [-0.05, 0) is 60.7 Å². The minimum Gasteiger partial charge on any atom is -0.207 e. The molecule has 0 aliphatic heterocycles. The maximum Gasteiger partial charge on any atom is 0.241 e. The minimum absolute atomic E-state index is 0.201. The second-order valence-electron chi connectivity index (χ2n) is 6.30. The van der Waals surface area contributed by atoms with Crippen LogP contribution in [-0.2, 0) is 10.0 Å². The molecule has 0 aromatic heterocycles. The first-order valence-corrected chi connectivity index (χ1v) is 11.1. The Kier molecular flexibility index (Phi) is 6.90. The van der Waals surface area contributed by atoms with Gasteiger partial charge >= 0.3 is 0 Å². The topological polar surface area (TPSA) is 46.2 Å². The molecule has 0 heterocycles. The molecule has 3 nitrogen and oxygen atoms in total. The lowest BCUT2D eigenvalue weighted by Gasteiger charge is -2.14. The fourth-order valence-electron chi connectivity index (χ4n) is 2.51. The Balaban J connectivity index is 1.87. The summed E-state index contributed by atoms with van der Waals surface area (Å²) in [4.78, 5) is 0.201. The summed E-state index contributed by atoms with van der Waals surface area (Å²) in [7, 11) is -3.72. The van der Waals surface area contributed by atoms with Crippen LogP contribution >= 0.6 is 15.9 Å². The second-order valence-corrected chi connectivity index (χ2v) is 8.93. The van der Waals surface area contributed by atoms with Crippen LogP contribution in [0.5, 0.6) is 0 Å². The molecule has 0 aliphatic carbocycles. The van der Waals surface area contributed by atoms with Crippen LogP contribution in [0.1, 0.15) is 22.7 Å². The highest BCUT2D eigenvalue weighted by Gasteiger charge is 2.19. The lowest BCUT2D eigenvalue weighted by molar-refractivity contribution is 0.576. The van der Waals surface area contributed by atoms with Crippen LogP contribution in [0.15, 0.2) is 88.2 Å². The Bertz CT molecular complexity index is 1200. The zero-order chi connectivity index (χ0) is 20.7. The molecule has 0 amide bonds. The maximum atomic E-state index is 12.8. The van der Waals surface area contributed by atoms with Gasteiger partial charge in [0.05, 0.1) is 4.90 Å². The van der Waals surface area contributed by atoms with Gasteiger partial charge < -0.3 is 0 Å². The van der Waals surface area contributed by atoms with Gasteiger partial charge in [0.25, 0.3) is 0 Å². The van der Waals surface area contributed by atoms with Gasteiger partial charge in [-0.25, -0.2) is 8.42 Å². The molecule has 0 fully saturated rings. The second kappa shape index (κ2) is 9.58. The predicted molar refractivity (Wildman–Crippen MR) is 119 cm³/mol. The fraction of sp³-hybridized carbons (Fsp3) is 0.0833. The zero-order valence-corrected chi connectivity index (χ0v) is 18.1. The van der Waals surface area contributed by atoms with Crippen molar-refractivity contribution in [3.05, 3.63) is 100 Å². The maximum absolute atomic E-state index is 12.8. The van der Waals surface area contributed by atoms with Gasteiger partial charge in [0.2, 0.25) is 10.0 Å². The largest absolute Gasteiger partial charge is 0.241 e. The third-order valence-electron chi connectivity index (χ3n) is 4.07. The Morgan fingerprint density at radius 3 is 2.17 bits per heavy atom. The van der Waals surface area contributed by atoms with Crippen LogP contribution in [0, 0.1) is 30.6 Å². The third kappa shape index (κ3) is 6.07. The van der Waals surface area contributed by atoms with E-state index in [1.54, 1.807) is 24.3 Å². The van der Waals surface area contributed by atoms with E-state index in [2.05, 4.69) is 44.3 Å². The summed E-state index contributed by atoms with van der Waals surface area (Å²) < 4.78 is 29.2. The van der Waals surface area contributed by atoms with Crippen molar-refractivity contribution in [2.75, 3.05) is 0 Å². The van der Waals surface area contributed by atoms with E-state index in [4.69, 9.17) is 0 Å². The molecule has 5 heteroatoms. The number of hydrogen-bond donors (Lipinski definition) is 1. The molecule has 0 saturated heterocycles. The molecule has 1 atom stereocenters. The van der Waals surface area contributed by atoms with E-state index in [-0.39, 0.29) is 4.90 Å². The minimum atomic E-state index is -3.72. The van der Waals surface area contributed by atoms with Crippen molar-refractivity contribution < 1.29 is 8.42 Å². The van der Waals surface area contributed by atoms with Crippen LogP contribution in [0.3, 0.4) is 0 Å². The van der Waals surface area contributed by atoms with Gasteiger partial charge in [-0.3, -0.25) is 0 Å². The summed E-state index contributed by atoms with van der Waals surface area (Å²) in [6, 6.07) is 22.8. The van der Waals surface area contributed by atoms with E-state index in [0.29, 0.717) is 0 Å². The average molecular weight is 464 g/mol. The summed E-state index contributed by atoms with van der Waals surface area (Å²) in [6.45, 7) is 1.91. The highest BCUT2D eigenvalue weighted by atomic mass is 79.9. The molecule has 0 aliphatic rings. The first-order chi connectivity index (χ1) is 13.9. The van der Waals surface area contributed by atoms with Crippen molar-refractivity contribution in [1.29, 1.82) is 0 Å². The summed E-state index contributed by atoms with van der Waals surface area (Å²) in [5, 5.41) is 0. The van der Waals surface area contributed by atoms with Crippen LogP contribution in [0.2, 0.25) is 0 Å². The zero-order valence-electron chi connectivity index (χ0n) is 15.7. The van der Waals surface area contributed by atoms with Gasteiger partial charge in [0.15, 0.2) is 0 Å². The van der Waals surface area contributed by atoms with Crippen molar-refractivity contribution in [3.63, 3.8) is 0 Å². The molecule has 3 rings (SSSR count). The summed E-state index contributed by atoms with van der Waals surface area (Å²) in [5.41, 5.74) is 2.58.